The highest BCUT2D eigenvalue weighted by molar-refractivity contribution is 5.94. The van der Waals surface area contributed by atoms with Crippen LogP contribution in [0.5, 0.6) is 11.5 Å². The Morgan fingerprint density at radius 2 is 1.84 bits per heavy atom. The summed E-state index contributed by atoms with van der Waals surface area (Å²) in [5.41, 5.74) is 5.08. The lowest BCUT2D eigenvalue weighted by molar-refractivity contribution is -0.156. The van der Waals surface area contributed by atoms with E-state index in [9.17, 15) is 9.59 Å². The standard InChI is InChI=1S/C15H22N2O8/c1-20-5-6-22-7-8-23-9-12(18)24-10-25-14-11(21-2)3-4-17-13(14)15(16)19/h3-4H,5-10H2,1-2H3,(H2,16,19). The van der Waals surface area contributed by atoms with E-state index in [-0.39, 0.29) is 30.4 Å². The van der Waals surface area contributed by atoms with Crippen LogP contribution in [0.15, 0.2) is 12.3 Å². The maximum absolute atomic E-state index is 11.5. The molecule has 0 atom stereocenters. The summed E-state index contributed by atoms with van der Waals surface area (Å²) in [7, 11) is 2.97. The molecule has 0 aliphatic rings. The Labute approximate surface area is 145 Å². The minimum absolute atomic E-state index is 0.00207. The second kappa shape index (κ2) is 12.0. The Morgan fingerprint density at radius 1 is 1.12 bits per heavy atom. The van der Waals surface area contributed by atoms with E-state index in [1.54, 1.807) is 7.11 Å². The molecule has 0 aliphatic carbocycles. The normalized spacial score (nSPS) is 10.3. The van der Waals surface area contributed by atoms with Gasteiger partial charge in [0, 0.05) is 19.4 Å². The molecule has 1 amide bonds. The molecule has 10 heteroatoms. The Balaban J connectivity index is 2.30. The minimum atomic E-state index is -0.794. The fraction of sp³-hybridized carbons (Fsp3) is 0.533. The van der Waals surface area contributed by atoms with Gasteiger partial charge in [-0.05, 0) is 0 Å². The maximum Gasteiger partial charge on any atom is 0.334 e. The highest BCUT2D eigenvalue weighted by Crippen LogP contribution is 2.29. The summed E-state index contributed by atoms with van der Waals surface area (Å²) in [4.78, 5) is 26.7. The van der Waals surface area contributed by atoms with Crippen molar-refractivity contribution in [3.63, 3.8) is 0 Å². The van der Waals surface area contributed by atoms with Gasteiger partial charge in [-0.25, -0.2) is 9.78 Å². The number of nitrogens with zero attached hydrogens (tertiary/aromatic N) is 1. The molecular weight excluding hydrogens is 336 g/mol. The maximum atomic E-state index is 11.5. The zero-order valence-electron chi connectivity index (χ0n) is 14.2. The number of rotatable bonds is 13. The third kappa shape index (κ3) is 7.79. The van der Waals surface area contributed by atoms with Crippen molar-refractivity contribution in [2.45, 2.75) is 0 Å². The number of esters is 1. The lowest BCUT2D eigenvalue weighted by Crippen LogP contribution is -2.20. The van der Waals surface area contributed by atoms with Crippen LogP contribution >= 0.6 is 0 Å². The second-order valence-electron chi connectivity index (χ2n) is 4.49. The Hall–Kier alpha value is -2.43. The van der Waals surface area contributed by atoms with Gasteiger partial charge in [0.15, 0.2) is 17.2 Å². The van der Waals surface area contributed by atoms with Gasteiger partial charge in [0.05, 0.1) is 33.5 Å². The van der Waals surface area contributed by atoms with Crippen LogP contribution in [0, 0.1) is 0 Å². The van der Waals surface area contributed by atoms with Crippen LogP contribution in [-0.4, -0.2) is 70.9 Å². The number of nitrogens with two attached hydrogens (primary N) is 1. The smallest absolute Gasteiger partial charge is 0.334 e. The summed E-state index contributed by atoms with van der Waals surface area (Å²) in [5, 5.41) is 0. The van der Waals surface area contributed by atoms with E-state index < -0.39 is 18.7 Å². The second-order valence-corrected chi connectivity index (χ2v) is 4.49. The molecule has 0 radical (unpaired) electrons. The topological polar surface area (TPSA) is 128 Å². The van der Waals surface area contributed by atoms with Gasteiger partial charge >= 0.3 is 5.97 Å². The molecule has 0 bridgehead atoms. The molecule has 1 heterocycles. The van der Waals surface area contributed by atoms with Crippen molar-refractivity contribution in [2.24, 2.45) is 5.73 Å². The summed E-state index contributed by atoms with van der Waals surface area (Å²) in [5.74, 6) is -1.19. The van der Waals surface area contributed by atoms with Crippen molar-refractivity contribution in [1.82, 2.24) is 4.98 Å². The largest absolute Gasteiger partial charge is 0.493 e. The van der Waals surface area contributed by atoms with E-state index in [1.165, 1.54) is 19.4 Å². The summed E-state index contributed by atoms with van der Waals surface area (Å²) < 4.78 is 30.2. The Kier molecular flexibility index (Phi) is 9.90. The molecule has 0 saturated heterocycles. The Morgan fingerprint density at radius 3 is 2.52 bits per heavy atom. The summed E-state index contributed by atoms with van der Waals surface area (Å²) in [6, 6.07) is 1.48. The van der Waals surface area contributed by atoms with Crippen molar-refractivity contribution >= 4 is 11.9 Å². The van der Waals surface area contributed by atoms with Crippen LogP contribution in [-0.2, 0) is 23.7 Å². The van der Waals surface area contributed by atoms with Crippen molar-refractivity contribution < 1.29 is 38.0 Å². The number of carbonyl (C=O) groups is 2. The number of primary amides is 1. The first-order valence-corrected chi connectivity index (χ1v) is 7.35. The van der Waals surface area contributed by atoms with E-state index in [0.717, 1.165) is 0 Å². The number of methoxy groups -OCH3 is 2. The van der Waals surface area contributed by atoms with Gasteiger partial charge in [0.1, 0.15) is 6.61 Å². The molecule has 10 nitrogen and oxygen atoms in total. The first-order valence-electron chi connectivity index (χ1n) is 7.35. The van der Waals surface area contributed by atoms with Gasteiger partial charge in [0.25, 0.3) is 5.91 Å². The number of aromatic nitrogens is 1. The van der Waals surface area contributed by atoms with Crippen LogP contribution in [0.1, 0.15) is 10.5 Å². The number of ether oxygens (including phenoxy) is 6. The number of hydrogen-bond donors (Lipinski definition) is 1. The number of amides is 1. The molecule has 0 unspecified atom stereocenters. The monoisotopic (exact) mass is 358 g/mol. The molecule has 25 heavy (non-hydrogen) atoms. The van der Waals surface area contributed by atoms with Crippen molar-refractivity contribution in [3.05, 3.63) is 18.0 Å². The molecule has 1 aromatic heterocycles. The highest BCUT2D eigenvalue weighted by Gasteiger charge is 2.17. The van der Waals surface area contributed by atoms with Crippen LogP contribution in [0.3, 0.4) is 0 Å². The fourth-order valence-electron chi connectivity index (χ4n) is 1.62. The summed E-state index contributed by atoms with van der Waals surface area (Å²) in [6.45, 7) is 0.806. The van der Waals surface area contributed by atoms with Gasteiger partial charge in [-0.3, -0.25) is 4.79 Å². The Bertz CT molecular complexity index is 552. The highest BCUT2D eigenvalue weighted by atomic mass is 16.7. The van der Waals surface area contributed by atoms with E-state index >= 15 is 0 Å². The van der Waals surface area contributed by atoms with E-state index in [1.807, 2.05) is 0 Å². The van der Waals surface area contributed by atoms with Crippen LogP contribution in [0.2, 0.25) is 0 Å². The first kappa shape index (κ1) is 20.6. The quantitative estimate of drug-likeness (QED) is 0.288. The fourth-order valence-corrected chi connectivity index (χ4v) is 1.62. The lowest BCUT2D eigenvalue weighted by atomic mass is 10.3. The third-order valence-electron chi connectivity index (χ3n) is 2.77. The van der Waals surface area contributed by atoms with Crippen molar-refractivity contribution in [1.29, 1.82) is 0 Å². The van der Waals surface area contributed by atoms with E-state index in [2.05, 4.69) is 4.98 Å². The predicted molar refractivity (Wildman–Crippen MR) is 84.4 cm³/mol. The van der Waals surface area contributed by atoms with Gasteiger partial charge in [-0.2, -0.15) is 0 Å². The molecule has 0 saturated carbocycles. The SMILES string of the molecule is COCCOCCOCC(=O)OCOc1c(OC)ccnc1C(N)=O. The van der Waals surface area contributed by atoms with Gasteiger partial charge in [-0.1, -0.05) is 0 Å². The van der Waals surface area contributed by atoms with Gasteiger partial charge in [0.2, 0.25) is 6.79 Å². The van der Waals surface area contributed by atoms with Gasteiger partial charge in [-0.15, -0.1) is 0 Å². The number of carbonyl (C=O) groups excluding carboxylic acids is 2. The number of hydrogen-bond acceptors (Lipinski definition) is 9. The average molecular weight is 358 g/mol. The molecule has 1 rings (SSSR count). The third-order valence-corrected chi connectivity index (χ3v) is 2.77. The lowest BCUT2D eigenvalue weighted by Gasteiger charge is -2.12. The predicted octanol–water partition coefficient (Wildman–Crippen LogP) is -0.252. The minimum Gasteiger partial charge on any atom is -0.493 e. The molecule has 140 valence electrons. The molecular formula is C15H22N2O8. The number of pyridine rings is 1. The zero-order valence-corrected chi connectivity index (χ0v) is 14.2. The van der Waals surface area contributed by atoms with Crippen LogP contribution in [0.25, 0.3) is 0 Å². The summed E-state index contributed by atoms with van der Waals surface area (Å²) in [6.07, 6.45) is 1.35. The van der Waals surface area contributed by atoms with E-state index in [4.69, 9.17) is 34.2 Å². The zero-order chi connectivity index (χ0) is 18.5. The molecule has 2 N–H and O–H groups in total. The van der Waals surface area contributed by atoms with Crippen LogP contribution in [0.4, 0.5) is 0 Å². The average Bonchev–Trinajstić information content (AvgIpc) is 2.60. The molecule has 1 aromatic rings. The van der Waals surface area contributed by atoms with Crippen molar-refractivity contribution in [2.75, 3.05) is 54.0 Å². The van der Waals surface area contributed by atoms with Gasteiger partial charge < -0.3 is 34.2 Å². The summed E-state index contributed by atoms with van der Waals surface area (Å²) >= 11 is 0. The molecule has 0 fully saturated rings. The van der Waals surface area contributed by atoms with E-state index in [0.29, 0.717) is 19.8 Å². The molecule has 0 aliphatic heterocycles. The molecule has 0 aromatic carbocycles. The van der Waals surface area contributed by atoms with Crippen LogP contribution < -0.4 is 15.2 Å². The van der Waals surface area contributed by atoms with Crippen molar-refractivity contribution in [3.8, 4) is 11.5 Å². The first-order chi connectivity index (χ1) is 12.1. The molecule has 0 spiro atoms.